The Bertz CT molecular complexity index is 465. The number of unbranched alkanes of at least 4 members (excludes halogenated alkanes) is 5. The van der Waals surface area contributed by atoms with Gasteiger partial charge in [-0.2, -0.15) is 7.05 Å². The van der Waals surface area contributed by atoms with E-state index in [2.05, 4.69) is 5.32 Å². The third-order valence-electron chi connectivity index (χ3n) is 4.82. The Morgan fingerprint density at radius 2 is 1.65 bits per heavy atom. The van der Waals surface area contributed by atoms with Gasteiger partial charge < -0.3 is 20.3 Å². The standard InChI is InChI=1S/C20H34NO5/c1-3-15-20(21-2)19(26-20)17(23)13-9-6-8-12-16(22)11-7-4-5-10-14-18(24)25/h3,15,17,19,23H,4-14H2,1-2H3,(H,24,25)/q-1. The number of carboxylic acid groups (broad SMARTS) is 1. The fourth-order valence-corrected chi connectivity index (χ4v) is 3.23. The Balaban J connectivity index is 1.98. The van der Waals surface area contributed by atoms with Gasteiger partial charge in [0.1, 0.15) is 5.78 Å². The van der Waals surface area contributed by atoms with Crippen LogP contribution in [0.25, 0.3) is 5.32 Å². The fraction of sp³-hybridized carbons (Fsp3) is 0.800. The summed E-state index contributed by atoms with van der Waals surface area (Å²) in [5, 5.41) is 22.9. The molecule has 0 saturated carbocycles. The Morgan fingerprint density at radius 3 is 2.19 bits per heavy atom. The summed E-state index contributed by atoms with van der Waals surface area (Å²) >= 11 is 0. The maximum atomic E-state index is 11.8. The Labute approximate surface area is 157 Å². The first kappa shape index (κ1) is 22.8. The summed E-state index contributed by atoms with van der Waals surface area (Å²) in [6.07, 6.45) is 11.1. The third kappa shape index (κ3) is 8.43. The molecule has 1 saturated heterocycles. The molecule has 1 heterocycles. The molecule has 3 unspecified atom stereocenters. The van der Waals surface area contributed by atoms with Crippen LogP contribution in [0.3, 0.4) is 0 Å². The summed E-state index contributed by atoms with van der Waals surface area (Å²) in [7, 11) is 1.70. The number of Topliss-reactive ketones (excluding diaryl/α,β-unsaturated/α-hetero) is 1. The van der Waals surface area contributed by atoms with Crippen LogP contribution in [0.4, 0.5) is 0 Å². The van der Waals surface area contributed by atoms with E-state index in [1.54, 1.807) is 7.05 Å². The molecule has 150 valence electrons. The molecule has 0 aromatic rings. The first-order chi connectivity index (χ1) is 12.4. The van der Waals surface area contributed by atoms with E-state index in [9.17, 15) is 14.7 Å². The predicted octanol–water partition coefficient (Wildman–Crippen LogP) is 3.97. The number of epoxide rings is 1. The molecule has 26 heavy (non-hydrogen) atoms. The van der Waals surface area contributed by atoms with Crippen LogP contribution in [0.15, 0.2) is 12.2 Å². The molecule has 0 aromatic carbocycles. The van der Waals surface area contributed by atoms with E-state index in [4.69, 9.17) is 9.84 Å². The second-order valence-electron chi connectivity index (χ2n) is 7.03. The summed E-state index contributed by atoms with van der Waals surface area (Å²) in [6.45, 7) is 1.91. The van der Waals surface area contributed by atoms with Gasteiger partial charge in [0, 0.05) is 25.0 Å². The first-order valence-corrected chi connectivity index (χ1v) is 9.79. The van der Waals surface area contributed by atoms with Gasteiger partial charge in [0.15, 0.2) is 0 Å². The number of nitrogens with zero attached hydrogens (tertiary/aromatic N) is 1. The highest BCUT2D eigenvalue weighted by Gasteiger charge is 2.49. The van der Waals surface area contributed by atoms with Gasteiger partial charge >= 0.3 is 5.97 Å². The lowest BCUT2D eigenvalue weighted by Gasteiger charge is -2.21. The molecule has 1 fully saturated rings. The number of ether oxygens (including phenoxy) is 1. The lowest BCUT2D eigenvalue weighted by Crippen LogP contribution is -2.22. The number of aliphatic hydroxyl groups is 1. The largest absolute Gasteiger partial charge is 0.631 e. The Morgan fingerprint density at radius 1 is 1.08 bits per heavy atom. The highest BCUT2D eigenvalue weighted by atomic mass is 16.6. The Kier molecular flexibility index (Phi) is 10.7. The lowest BCUT2D eigenvalue weighted by molar-refractivity contribution is -0.137. The average molecular weight is 368 g/mol. The minimum atomic E-state index is -0.754. The van der Waals surface area contributed by atoms with Crippen molar-refractivity contribution >= 4 is 11.8 Å². The minimum absolute atomic E-state index is 0.216. The van der Waals surface area contributed by atoms with Crippen LogP contribution in [0.5, 0.6) is 0 Å². The van der Waals surface area contributed by atoms with Gasteiger partial charge in [-0.3, -0.25) is 9.59 Å². The van der Waals surface area contributed by atoms with E-state index < -0.39 is 17.8 Å². The van der Waals surface area contributed by atoms with E-state index in [0.29, 0.717) is 25.7 Å². The molecular formula is C20H34NO5-. The van der Waals surface area contributed by atoms with Crippen LogP contribution in [-0.2, 0) is 14.3 Å². The maximum absolute atomic E-state index is 11.8. The normalized spacial score (nSPS) is 23.3. The molecule has 1 aliphatic rings. The van der Waals surface area contributed by atoms with Crippen LogP contribution >= 0.6 is 0 Å². The van der Waals surface area contributed by atoms with Crippen LogP contribution in [0.1, 0.15) is 77.6 Å². The van der Waals surface area contributed by atoms with E-state index in [1.807, 2.05) is 19.1 Å². The fourth-order valence-electron chi connectivity index (χ4n) is 3.23. The summed E-state index contributed by atoms with van der Waals surface area (Å²) in [5.74, 6) is -0.470. The third-order valence-corrected chi connectivity index (χ3v) is 4.82. The number of allylic oxidation sites excluding steroid dienone is 1. The van der Waals surface area contributed by atoms with Crippen molar-refractivity contribution < 1.29 is 24.5 Å². The highest BCUT2D eigenvalue weighted by Crippen LogP contribution is 2.44. The SMILES string of the molecule is CC=CC1([N-]C)OC1C(O)CCCCCC(=O)CCCCCCC(=O)O. The molecule has 0 radical (unpaired) electrons. The highest BCUT2D eigenvalue weighted by molar-refractivity contribution is 5.78. The van der Waals surface area contributed by atoms with Gasteiger partial charge in [-0.25, -0.2) is 0 Å². The van der Waals surface area contributed by atoms with Gasteiger partial charge in [0.05, 0.1) is 12.2 Å². The molecule has 6 nitrogen and oxygen atoms in total. The van der Waals surface area contributed by atoms with Crippen LogP contribution < -0.4 is 0 Å². The second kappa shape index (κ2) is 12.2. The quantitative estimate of drug-likeness (QED) is 0.244. The number of carbonyl (C=O) groups is 2. The van der Waals surface area contributed by atoms with Gasteiger partial charge in [0.25, 0.3) is 0 Å². The molecular weight excluding hydrogens is 334 g/mol. The van der Waals surface area contributed by atoms with Crippen molar-refractivity contribution in [2.75, 3.05) is 7.05 Å². The number of aliphatic carboxylic acids is 1. The zero-order valence-corrected chi connectivity index (χ0v) is 16.2. The number of likely N-dealkylation sites (N-methyl/N-ethyl adjacent to an activating group) is 1. The summed E-state index contributed by atoms with van der Waals surface area (Å²) in [5.41, 5.74) is -0.630. The molecule has 0 bridgehead atoms. The van der Waals surface area contributed by atoms with Gasteiger partial charge in [-0.1, -0.05) is 37.8 Å². The predicted molar refractivity (Wildman–Crippen MR) is 101 cm³/mol. The molecule has 0 spiro atoms. The maximum Gasteiger partial charge on any atom is 0.303 e. The molecule has 2 N–H and O–H groups in total. The monoisotopic (exact) mass is 368 g/mol. The second-order valence-corrected chi connectivity index (χ2v) is 7.03. The minimum Gasteiger partial charge on any atom is -0.631 e. The van der Waals surface area contributed by atoms with Crippen molar-refractivity contribution in [2.45, 2.75) is 95.5 Å². The zero-order valence-electron chi connectivity index (χ0n) is 16.2. The first-order valence-electron chi connectivity index (χ1n) is 9.79. The molecule has 0 aliphatic carbocycles. The Hall–Kier alpha value is -1.24. The molecule has 0 aromatic heterocycles. The summed E-state index contributed by atoms with van der Waals surface area (Å²) < 4.78 is 5.55. The number of carboxylic acids is 1. The number of rotatable bonds is 16. The number of ketones is 1. The van der Waals surface area contributed by atoms with E-state index in [-0.39, 0.29) is 18.3 Å². The number of hydrogen-bond acceptors (Lipinski definition) is 4. The molecule has 1 aliphatic heterocycles. The number of hydrogen-bond donors (Lipinski definition) is 2. The van der Waals surface area contributed by atoms with Crippen LogP contribution in [0.2, 0.25) is 0 Å². The van der Waals surface area contributed by atoms with Crippen molar-refractivity contribution in [2.24, 2.45) is 0 Å². The molecule has 0 amide bonds. The molecule has 6 heteroatoms. The molecule has 3 atom stereocenters. The van der Waals surface area contributed by atoms with Crippen molar-refractivity contribution in [3.05, 3.63) is 17.5 Å². The lowest BCUT2D eigenvalue weighted by atomic mass is 10.0. The van der Waals surface area contributed by atoms with Crippen molar-refractivity contribution in [3.63, 3.8) is 0 Å². The number of aliphatic hydroxyl groups excluding tert-OH is 1. The van der Waals surface area contributed by atoms with Crippen molar-refractivity contribution in [1.29, 1.82) is 0 Å². The van der Waals surface area contributed by atoms with Crippen molar-refractivity contribution in [3.8, 4) is 0 Å². The summed E-state index contributed by atoms with van der Waals surface area (Å²) in [4.78, 5) is 22.2. The average Bonchev–Trinajstić information content (AvgIpc) is 3.32. The number of carbonyl (C=O) groups excluding carboxylic acids is 1. The molecule has 1 rings (SSSR count). The van der Waals surface area contributed by atoms with Gasteiger partial charge in [0.2, 0.25) is 0 Å². The van der Waals surface area contributed by atoms with E-state index >= 15 is 0 Å². The van der Waals surface area contributed by atoms with Gasteiger partial charge in [-0.15, -0.1) is 0 Å². The smallest absolute Gasteiger partial charge is 0.303 e. The zero-order chi connectivity index (χ0) is 19.4. The van der Waals surface area contributed by atoms with E-state index in [0.717, 1.165) is 38.5 Å². The van der Waals surface area contributed by atoms with Crippen molar-refractivity contribution in [1.82, 2.24) is 0 Å². The summed E-state index contributed by atoms with van der Waals surface area (Å²) in [6, 6.07) is 0. The van der Waals surface area contributed by atoms with Crippen LogP contribution in [0, 0.1) is 0 Å². The topological polar surface area (TPSA) is 101 Å². The van der Waals surface area contributed by atoms with Crippen LogP contribution in [-0.4, -0.2) is 46.9 Å². The van der Waals surface area contributed by atoms with Gasteiger partial charge in [-0.05, 0) is 32.6 Å². The van der Waals surface area contributed by atoms with E-state index in [1.165, 1.54) is 0 Å².